The number of allylic oxidation sites excluding steroid dienone is 1. The first kappa shape index (κ1) is 24.4. The number of ether oxygens (including phenoxy) is 2. The molecule has 0 saturated carbocycles. The molecule has 34 heavy (non-hydrogen) atoms. The molecule has 1 fully saturated rings. The number of hydrogen-bond donors (Lipinski definition) is 0. The Morgan fingerprint density at radius 2 is 1.56 bits per heavy atom. The van der Waals surface area contributed by atoms with Crippen LogP contribution in [-0.2, 0) is 25.7 Å². The van der Waals surface area contributed by atoms with Gasteiger partial charge in [0.25, 0.3) is 0 Å². The summed E-state index contributed by atoms with van der Waals surface area (Å²) < 4.78 is 40.0. The Bertz CT molecular complexity index is 1190. The molecule has 1 aliphatic rings. The molecule has 0 N–H and O–H groups in total. The Hall–Kier alpha value is -2.73. The van der Waals surface area contributed by atoms with Crippen LogP contribution >= 0.6 is 0 Å². The maximum atomic E-state index is 13.7. The van der Waals surface area contributed by atoms with Gasteiger partial charge in [0, 0.05) is 12.0 Å². The fourth-order valence-electron chi connectivity index (χ4n) is 4.28. The number of hydrogen-bond acceptors (Lipinski definition) is 4. The maximum Gasteiger partial charge on any atom is 0.205 e. The van der Waals surface area contributed by atoms with Crippen LogP contribution in [0.25, 0.3) is 0 Å². The topological polar surface area (TPSA) is 52.6 Å². The van der Waals surface area contributed by atoms with Crippen molar-refractivity contribution in [3.8, 4) is 0 Å². The van der Waals surface area contributed by atoms with Crippen LogP contribution in [-0.4, -0.2) is 20.6 Å². The van der Waals surface area contributed by atoms with E-state index in [1.165, 1.54) is 5.56 Å². The minimum Gasteiger partial charge on any atom is -0.345 e. The average molecular weight is 477 g/mol. The molecule has 5 heteroatoms. The lowest BCUT2D eigenvalue weighted by molar-refractivity contribution is -0.238. The minimum atomic E-state index is -3.70. The first-order valence-electron chi connectivity index (χ1n) is 11.9. The van der Waals surface area contributed by atoms with Gasteiger partial charge in [-0.2, -0.15) is 0 Å². The predicted octanol–water partition coefficient (Wildman–Crippen LogP) is 6.57. The van der Waals surface area contributed by atoms with E-state index in [1.54, 1.807) is 18.2 Å². The molecule has 0 spiro atoms. The van der Waals surface area contributed by atoms with Crippen LogP contribution in [0.15, 0.2) is 101 Å². The van der Waals surface area contributed by atoms with Crippen molar-refractivity contribution in [3.05, 3.63) is 113 Å². The normalized spacial score (nSPS) is 21.4. The Labute approximate surface area is 203 Å². The van der Waals surface area contributed by atoms with Crippen LogP contribution < -0.4 is 0 Å². The van der Waals surface area contributed by atoms with Gasteiger partial charge in [-0.25, -0.2) is 8.42 Å². The number of rotatable bonds is 8. The van der Waals surface area contributed by atoms with E-state index < -0.39 is 22.2 Å². The summed E-state index contributed by atoms with van der Waals surface area (Å²) in [5, 5.41) is 0. The fourth-order valence-corrected chi connectivity index (χ4v) is 5.93. The summed E-state index contributed by atoms with van der Waals surface area (Å²) in [7, 11) is -3.70. The van der Waals surface area contributed by atoms with E-state index in [-0.39, 0.29) is 6.10 Å². The highest BCUT2D eigenvalue weighted by Crippen LogP contribution is 2.37. The molecule has 1 heterocycles. The molecule has 3 aromatic carbocycles. The third kappa shape index (κ3) is 5.84. The average Bonchev–Trinajstić information content (AvgIpc) is 2.87. The van der Waals surface area contributed by atoms with Crippen molar-refractivity contribution in [3.63, 3.8) is 0 Å². The van der Waals surface area contributed by atoms with Crippen molar-refractivity contribution in [2.75, 3.05) is 0 Å². The zero-order valence-electron chi connectivity index (χ0n) is 19.8. The van der Waals surface area contributed by atoms with Crippen molar-refractivity contribution in [2.45, 2.75) is 62.9 Å². The molecule has 0 amide bonds. The van der Waals surface area contributed by atoms with Gasteiger partial charge >= 0.3 is 0 Å². The van der Waals surface area contributed by atoms with Crippen molar-refractivity contribution in [1.82, 2.24) is 0 Å². The lowest BCUT2D eigenvalue weighted by Gasteiger charge is -2.37. The highest BCUT2D eigenvalue weighted by molar-refractivity contribution is 7.95. The Kier molecular flexibility index (Phi) is 7.99. The Morgan fingerprint density at radius 3 is 2.21 bits per heavy atom. The molecule has 0 radical (unpaired) electrons. The predicted molar refractivity (Wildman–Crippen MR) is 135 cm³/mol. The molecule has 1 saturated heterocycles. The van der Waals surface area contributed by atoms with E-state index in [4.69, 9.17) is 9.47 Å². The number of benzene rings is 3. The second-order valence-corrected chi connectivity index (χ2v) is 10.7. The molecule has 4 nitrogen and oxygen atoms in total. The van der Waals surface area contributed by atoms with Crippen molar-refractivity contribution < 1.29 is 17.9 Å². The molecule has 0 bridgehead atoms. The lowest BCUT2D eigenvalue weighted by Crippen LogP contribution is -2.37. The van der Waals surface area contributed by atoms with Gasteiger partial charge in [0.05, 0.1) is 22.0 Å². The Morgan fingerprint density at radius 1 is 0.912 bits per heavy atom. The summed E-state index contributed by atoms with van der Waals surface area (Å²) in [5.41, 5.74) is 3.15. The summed E-state index contributed by atoms with van der Waals surface area (Å²) in [4.78, 5) is 0.623. The smallest absolute Gasteiger partial charge is 0.205 e. The van der Waals surface area contributed by atoms with Gasteiger partial charge < -0.3 is 9.47 Å². The number of sulfone groups is 1. The first-order valence-corrected chi connectivity index (χ1v) is 13.4. The Balaban J connectivity index is 1.63. The summed E-state index contributed by atoms with van der Waals surface area (Å²) in [6.45, 7) is 3.90. The van der Waals surface area contributed by atoms with Gasteiger partial charge in [-0.3, -0.25) is 0 Å². The van der Waals surface area contributed by atoms with Gasteiger partial charge in [-0.15, -0.1) is 0 Å². The standard InChI is InChI=1S/C29H32O4S/c1-3-10-28(34(30,31)26-19-15-22(2)16-20-26)27-21-25(18-17-23-11-6-4-7-12-23)32-29(33-27)24-13-8-5-9-14-24/h4-16,19-20,25,27,29H,3,17-18,21H2,1-2H3/b28-10+/t25-,27-,29-/m0/s1. The van der Waals surface area contributed by atoms with E-state index in [0.29, 0.717) is 22.6 Å². The van der Waals surface area contributed by atoms with Crippen LogP contribution in [0.1, 0.15) is 49.2 Å². The zero-order valence-corrected chi connectivity index (χ0v) is 20.6. The van der Waals surface area contributed by atoms with Gasteiger partial charge in [0.1, 0.15) is 0 Å². The third-order valence-corrected chi connectivity index (χ3v) is 8.06. The summed E-state index contributed by atoms with van der Waals surface area (Å²) in [6.07, 6.45) is 3.22. The monoisotopic (exact) mass is 476 g/mol. The van der Waals surface area contributed by atoms with Crippen molar-refractivity contribution in [1.29, 1.82) is 0 Å². The van der Waals surface area contributed by atoms with Gasteiger partial charge in [0.2, 0.25) is 9.84 Å². The lowest BCUT2D eigenvalue weighted by atomic mass is 10.0. The van der Waals surface area contributed by atoms with Crippen molar-refractivity contribution >= 4 is 9.84 Å². The fraction of sp³-hybridized carbons (Fsp3) is 0.310. The molecule has 1 aliphatic heterocycles. The zero-order chi connectivity index (χ0) is 24.0. The van der Waals surface area contributed by atoms with E-state index in [9.17, 15) is 8.42 Å². The molecular weight excluding hydrogens is 444 g/mol. The SMILES string of the molecule is CC/C=C(\[C@@H]1C[C@H](CCc2ccccc2)O[C@H](c2ccccc2)O1)S(=O)(=O)c1ccc(C)cc1. The molecule has 4 rings (SSSR count). The molecule has 0 aliphatic carbocycles. The molecule has 3 aromatic rings. The first-order chi connectivity index (χ1) is 16.5. The molecular formula is C29H32O4S. The molecule has 0 aromatic heterocycles. The largest absolute Gasteiger partial charge is 0.345 e. The second-order valence-electron chi connectivity index (χ2n) is 8.72. The second kappa shape index (κ2) is 11.1. The van der Waals surface area contributed by atoms with Gasteiger partial charge in [-0.05, 0) is 43.9 Å². The van der Waals surface area contributed by atoms with Crippen LogP contribution in [0.5, 0.6) is 0 Å². The quantitative estimate of drug-likeness (QED) is 0.369. The summed E-state index contributed by atoms with van der Waals surface area (Å²) in [6, 6.07) is 27.0. The highest BCUT2D eigenvalue weighted by atomic mass is 32.2. The van der Waals surface area contributed by atoms with Gasteiger partial charge in [-0.1, -0.05) is 91.4 Å². The van der Waals surface area contributed by atoms with Crippen LogP contribution in [0.2, 0.25) is 0 Å². The van der Waals surface area contributed by atoms with Crippen LogP contribution in [0, 0.1) is 6.92 Å². The van der Waals surface area contributed by atoms with E-state index >= 15 is 0 Å². The van der Waals surface area contributed by atoms with Gasteiger partial charge in [0.15, 0.2) is 6.29 Å². The van der Waals surface area contributed by atoms with Crippen LogP contribution in [0.4, 0.5) is 0 Å². The maximum absolute atomic E-state index is 13.7. The van der Waals surface area contributed by atoms with E-state index in [2.05, 4.69) is 12.1 Å². The molecule has 0 unspecified atom stereocenters. The van der Waals surface area contributed by atoms with E-state index in [0.717, 1.165) is 24.0 Å². The summed E-state index contributed by atoms with van der Waals surface area (Å²) >= 11 is 0. The van der Waals surface area contributed by atoms with E-state index in [1.807, 2.05) is 74.5 Å². The minimum absolute atomic E-state index is 0.127. The third-order valence-electron chi connectivity index (χ3n) is 6.11. The highest BCUT2D eigenvalue weighted by Gasteiger charge is 2.37. The molecule has 3 atom stereocenters. The van der Waals surface area contributed by atoms with Crippen molar-refractivity contribution in [2.24, 2.45) is 0 Å². The molecule has 178 valence electrons. The summed E-state index contributed by atoms with van der Waals surface area (Å²) in [5.74, 6) is 0. The van der Waals surface area contributed by atoms with Crippen LogP contribution in [0.3, 0.4) is 0 Å². The number of aryl methyl sites for hydroxylation is 2.